The highest BCUT2D eigenvalue weighted by Crippen LogP contribution is 2.36. The Balaban J connectivity index is 1.97. The number of para-hydroxylation sites is 1. The minimum atomic E-state index is -0.490. The van der Waals surface area contributed by atoms with E-state index in [1.165, 1.54) is 0 Å². The van der Waals surface area contributed by atoms with Crippen LogP contribution in [0.1, 0.15) is 24.8 Å². The molecule has 128 valence electrons. The molecule has 4 heterocycles. The third-order valence-corrected chi connectivity index (χ3v) is 7.80. The average Bonchev–Trinajstić information content (AvgIpc) is 3.13. The van der Waals surface area contributed by atoms with Gasteiger partial charge in [-0.3, -0.25) is 4.79 Å². The van der Waals surface area contributed by atoms with E-state index in [1.807, 2.05) is 18.2 Å². The van der Waals surface area contributed by atoms with Gasteiger partial charge in [-0.05, 0) is 37.3 Å². The molecule has 0 radical (unpaired) electrons. The fraction of sp³-hybridized carbons (Fsp3) is 0.368. The lowest BCUT2D eigenvalue weighted by molar-refractivity contribution is 0.445. The molecule has 0 saturated carbocycles. The number of aromatic hydroxyl groups is 1. The Labute approximate surface area is 146 Å². The van der Waals surface area contributed by atoms with Gasteiger partial charge in [0.25, 0.3) is 10.5 Å². The molecule has 0 bridgehead atoms. The van der Waals surface area contributed by atoms with Crippen LogP contribution in [-0.4, -0.2) is 21.2 Å². The van der Waals surface area contributed by atoms with E-state index in [0.29, 0.717) is 11.4 Å². The molecular formula is C19H18NO4S+. The number of rotatable bonds is 1. The minimum absolute atomic E-state index is 0.150. The highest BCUT2D eigenvalue weighted by Gasteiger charge is 2.36. The van der Waals surface area contributed by atoms with Gasteiger partial charge in [-0.15, -0.1) is 0 Å². The van der Waals surface area contributed by atoms with Crippen LogP contribution in [0.3, 0.4) is 0 Å². The Morgan fingerprint density at radius 3 is 2.72 bits per heavy atom. The van der Waals surface area contributed by atoms with Crippen LogP contribution < -0.4 is 11.2 Å². The maximum Gasteiger partial charge on any atom is 0.396 e. The van der Waals surface area contributed by atoms with Gasteiger partial charge in [-0.25, -0.2) is 4.79 Å². The van der Waals surface area contributed by atoms with Gasteiger partial charge in [-0.1, -0.05) is 12.1 Å². The number of benzene rings is 1. The average molecular weight is 356 g/mol. The fourth-order valence-corrected chi connectivity index (χ4v) is 6.55. The second kappa shape index (κ2) is 5.39. The van der Waals surface area contributed by atoms with Gasteiger partial charge in [0.1, 0.15) is 16.9 Å². The molecule has 5 nitrogen and oxygen atoms in total. The lowest BCUT2D eigenvalue weighted by atomic mass is 10.00. The molecule has 1 aromatic carbocycles. The fourth-order valence-electron chi connectivity index (χ4n) is 4.18. The third-order valence-electron chi connectivity index (χ3n) is 5.30. The molecule has 0 spiro atoms. The second-order valence-electron chi connectivity index (χ2n) is 6.75. The van der Waals surface area contributed by atoms with E-state index in [4.69, 9.17) is 4.42 Å². The summed E-state index contributed by atoms with van der Waals surface area (Å²) in [6, 6.07) is 5.79. The summed E-state index contributed by atoms with van der Waals surface area (Å²) >= 11 is 0. The number of fused-ring (bicyclic) bond motifs is 2. The molecule has 1 fully saturated rings. The quantitative estimate of drug-likeness (QED) is 0.537. The van der Waals surface area contributed by atoms with Crippen molar-refractivity contribution in [2.75, 3.05) is 11.5 Å². The van der Waals surface area contributed by atoms with Crippen molar-refractivity contribution >= 4 is 32.8 Å². The topological polar surface area (TPSA) is 72.4 Å². The van der Waals surface area contributed by atoms with Gasteiger partial charge in [0.15, 0.2) is 11.3 Å². The van der Waals surface area contributed by atoms with E-state index in [0.717, 1.165) is 53.7 Å². The van der Waals surface area contributed by atoms with Crippen molar-refractivity contribution in [3.8, 4) is 5.75 Å². The first kappa shape index (κ1) is 15.1. The zero-order valence-corrected chi connectivity index (χ0v) is 14.5. The molecule has 0 amide bonds. The monoisotopic (exact) mass is 356 g/mol. The molecule has 2 aliphatic heterocycles. The van der Waals surface area contributed by atoms with Crippen LogP contribution in [0.5, 0.6) is 5.75 Å². The van der Waals surface area contributed by atoms with Crippen LogP contribution in [0.25, 0.3) is 21.9 Å². The molecule has 3 aromatic rings. The molecule has 0 atom stereocenters. The summed E-state index contributed by atoms with van der Waals surface area (Å²) in [6.07, 6.45) is 3.89. The highest BCUT2D eigenvalue weighted by atomic mass is 32.2. The maximum absolute atomic E-state index is 13.1. The van der Waals surface area contributed by atoms with Crippen molar-refractivity contribution in [2.45, 2.75) is 37.1 Å². The molecule has 25 heavy (non-hydrogen) atoms. The van der Waals surface area contributed by atoms with E-state index in [2.05, 4.69) is 0 Å². The number of hydrogen-bond acceptors (Lipinski definition) is 4. The zero-order valence-electron chi connectivity index (χ0n) is 13.7. The molecular weight excluding hydrogens is 338 g/mol. The van der Waals surface area contributed by atoms with Gasteiger partial charge in [0.05, 0.1) is 5.52 Å². The molecule has 1 saturated heterocycles. The minimum Gasteiger partial charge on any atom is -0.503 e. The van der Waals surface area contributed by atoms with E-state index in [-0.39, 0.29) is 33.2 Å². The number of nitrogens with zero attached hydrogens (tertiary/aromatic N) is 1. The largest absolute Gasteiger partial charge is 0.503 e. The Morgan fingerprint density at radius 1 is 1.12 bits per heavy atom. The van der Waals surface area contributed by atoms with Gasteiger partial charge in [0, 0.05) is 22.8 Å². The third kappa shape index (κ3) is 2.03. The first-order chi connectivity index (χ1) is 12.2. The summed E-state index contributed by atoms with van der Waals surface area (Å²) < 4.78 is 7.37. The lowest BCUT2D eigenvalue weighted by Crippen LogP contribution is -2.26. The first-order valence-corrected chi connectivity index (χ1v) is 10.2. The van der Waals surface area contributed by atoms with Crippen LogP contribution in [-0.2, 0) is 23.9 Å². The summed E-state index contributed by atoms with van der Waals surface area (Å²) in [5.41, 5.74) is 1.42. The normalized spacial score (nSPS) is 17.6. The molecule has 0 aliphatic carbocycles. The zero-order chi connectivity index (χ0) is 17.1. The Hall–Kier alpha value is -2.21. The Morgan fingerprint density at radius 2 is 1.92 bits per heavy atom. The van der Waals surface area contributed by atoms with Crippen LogP contribution >= 0.6 is 0 Å². The van der Waals surface area contributed by atoms with E-state index >= 15 is 0 Å². The van der Waals surface area contributed by atoms with Crippen molar-refractivity contribution in [1.82, 2.24) is 4.57 Å². The van der Waals surface area contributed by atoms with Gasteiger partial charge >= 0.3 is 5.63 Å². The summed E-state index contributed by atoms with van der Waals surface area (Å²) in [6.45, 7) is 0.627. The first-order valence-electron chi connectivity index (χ1n) is 8.68. The maximum atomic E-state index is 13.1. The smallest absolute Gasteiger partial charge is 0.396 e. The van der Waals surface area contributed by atoms with Crippen molar-refractivity contribution in [3.63, 3.8) is 0 Å². The van der Waals surface area contributed by atoms with Gasteiger partial charge in [0.2, 0.25) is 0 Å². The van der Waals surface area contributed by atoms with Crippen LogP contribution in [0.4, 0.5) is 0 Å². The van der Waals surface area contributed by atoms with E-state index in [1.54, 1.807) is 4.57 Å². The number of hydrogen-bond donors (Lipinski definition) is 1. The highest BCUT2D eigenvalue weighted by molar-refractivity contribution is 7.97. The summed E-state index contributed by atoms with van der Waals surface area (Å²) in [5, 5.41) is 11.8. The molecule has 5 rings (SSSR count). The predicted molar refractivity (Wildman–Crippen MR) is 98.8 cm³/mol. The SMILES string of the molecule is O=c1oc2c(c(O)c1[S+]1CCCC1)c(=O)n1c3c(cccc23)CCC1. The predicted octanol–water partition coefficient (Wildman–Crippen LogP) is 2.53. The van der Waals surface area contributed by atoms with Crippen LogP contribution in [0, 0.1) is 0 Å². The molecule has 0 unspecified atom stereocenters. The summed E-state index contributed by atoms with van der Waals surface area (Å²) in [7, 11) is -0.315. The van der Waals surface area contributed by atoms with Crippen LogP contribution in [0.15, 0.2) is 37.1 Å². The van der Waals surface area contributed by atoms with Crippen molar-refractivity contribution in [3.05, 3.63) is 44.5 Å². The van der Waals surface area contributed by atoms with Gasteiger partial charge in [-0.2, -0.15) is 0 Å². The molecule has 2 aliphatic rings. The Bertz CT molecular complexity index is 1140. The second-order valence-corrected chi connectivity index (χ2v) is 8.96. The van der Waals surface area contributed by atoms with Crippen molar-refractivity contribution in [1.29, 1.82) is 0 Å². The Kier molecular flexibility index (Phi) is 3.25. The number of pyridine rings is 1. The summed E-state index contributed by atoms with van der Waals surface area (Å²) in [5.74, 6) is 1.62. The van der Waals surface area contributed by atoms with Crippen molar-refractivity contribution < 1.29 is 9.52 Å². The van der Waals surface area contributed by atoms with Gasteiger partial charge < -0.3 is 14.1 Å². The van der Waals surface area contributed by atoms with Crippen LogP contribution in [0.2, 0.25) is 0 Å². The molecule has 1 N–H and O–H groups in total. The summed E-state index contributed by atoms with van der Waals surface area (Å²) in [4.78, 5) is 26.0. The van der Waals surface area contributed by atoms with E-state index < -0.39 is 5.63 Å². The standard InChI is InChI=1S/C19H17NO4S/c21-15-13-16(24-19(23)17(15)25-9-1-2-10-25)12-7-3-5-11-6-4-8-20(14(11)12)18(13)22/h3,5,7H,1-2,4,6,8-10H2/p+1. The number of aromatic nitrogens is 1. The number of aryl methyl sites for hydroxylation is 2. The molecule has 6 heteroatoms. The van der Waals surface area contributed by atoms with E-state index in [9.17, 15) is 14.7 Å². The van der Waals surface area contributed by atoms with Crippen molar-refractivity contribution in [2.24, 2.45) is 0 Å². The lowest BCUT2D eigenvalue weighted by Gasteiger charge is -2.20. The molecule has 2 aromatic heterocycles.